The van der Waals surface area contributed by atoms with Crippen molar-refractivity contribution >= 4 is 57.4 Å². The monoisotopic (exact) mass is 190 g/mol. The van der Waals surface area contributed by atoms with Crippen LogP contribution >= 0.6 is 0 Å². The van der Waals surface area contributed by atoms with E-state index < -0.39 is 0 Å². The van der Waals surface area contributed by atoms with Gasteiger partial charge in [-0.15, -0.1) is 0 Å². The Balaban J connectivity index is 0.00000121. The number of esters is 1. The molecule has 0 aliphatic heterocycles. The summed E-state index contributed by atoms with van der Waals surface area (Å²) in [5, 5.41) is 0. The average Bonchev–Trinajstić information content (AvgIpc) is 1.93. The molecule has 0 unspecified atom stereocenters. The minimum atomic E-state index is -0.283. The minimum absolute atomic E-state index is 0. The number of hydrogen-bond acceptors (Lipinski definition) is 2. The average molecular weight is 190 g/mol. The zero-order valence-electron chi connectivity index (χ0n) is 6.63. The van der Waals surface area contributed by atoms with Gasteiger partial charge in [0, 0.05) is 6.92 Å². The first-order valence-corrected chi connectivity index (χ1v) is 3.43. The molecule has 0 amide bonds. The number of carbonyl (C=O) groups excluding carboxylic acids is 1. The summed E-state index contributed by atoms with van der Waals surface area (Å²) in [6, 6.07) is 7.35. The van der Waals surface area contributed by atoms with Crippen LogP contribution in [0.4, 0.5) is 0 Å². The maximum absolute atomic E-state index is 10.5. The van der Waals surface area contributed by atoms with Gasteiger partial charge in [0.05, 0.1) is 0 Å². The summed E-state index contributed by atoms with van der Waals surface area (Å²) < 4.78 is 4.83. The fraction of sp³-hybridized carbons (Fsp3) is 0.222. The molecule has 60 valence electrons. The first-order valence-electron chi connectivity index (χ1n) is 3.43. The fourth-order valence-corrected chi connectivity index (χ4v) is 0.772. The molecule has 0 spiro atoms. The SMILES string of the molecule is CC(=O)Oc1ccc(C)cc1.[KH]. The predicted molar refractivity (Wildman–Crippen MR) is 49.6 cm³/mol. The molecule has 1 aromatic rings. The topological polar surface area (TPSA) is 26.3 Å². The van der Waals surface area contributed by atoms with Gasteiger partial charge in [-0.25, -0.2) is 0 Å². The molecular weight excluding hydrogens is 179 g/mol. The summed E-state index contributed by atoms with van der Waals surface area (Å²) in [6.45, 7) is 3.37. The number of carbonyl (C=O) groups is 1. The summed E-state index contributed by atoms with van der Waals surface area (Å²) in [5.41, 5.74) is 1.15. The molecule has 1 rings (SSSR count). The van der Waals surface area contributed by atoms with Crippen LogP contribution in [0.1, 0.15) is 12.5 Å². The second-order valence-electron chi connectivity index (χ2n) is 2.41. The van der Waals surface area contributed by atoms with E-state index in [0.717, 1.165) is 5.56 Å². The summed E-state index contributed by atoms with van der Waals surface area (Å²) in [4.78, 5) is 10.5. The van der Waals surface area contributed by atoms with E-state index in [-0.39, 0.29) is 57.4 Å². The van der Waals surface area contributed by atoms with Gasteiger partial charge >= 0.3 is 57.4 Å². The third-order valence-electron chi connectivity index (χ3n) is 1.28. The molecule has 0 heterocycles. The van der Waals surface area contributed by atoms with E-state index in [9.17, 15) is 4.79 Å². The number of ether oxygens (including phenoxy) is 1. The number of benzene rings is 1. The summed E-state index contributed by atoms with van der Waals surface area (Å²) in [7, 11) is 0. The van der Waals surface area contributed by atoms with Crippen LogP contribution in [0.2, 0.25) is 0 Å². The third kappa shape index (κ3) is 4.38. The van der Waals surface area contributed by atoms with Crippen molar-refractivity contribution < 1.29 is 9.53 Å². The van der Waals surface area contributed by atoms with Gasteiger partial charge in [0.1, 0.15) is 5.75 Å². The molecule has 0 fully saturated rings. The summed E-state index contributed by atoms with van der Waals surface area (Å²) >= 11 is 0. The summed E-state index contributed by atoms with van der Waals surface area (Å²) in [5.74, 6) is 0.317. The molecule has 0 radical (unpaired) electrons. The van der Waals surface area contributed by atoms with Gasteiger partial charge < -0.3 is 4.74 Å². The van der Waals surface area contributed by atoms with Crippen molar-refractivity contribution in [3.63, 3.8) is 0 Å². The number of rotatable bonds is 1. The van der Waals surface area contributed by atoms with Gasteiger partial charge in [-0.2, -0.15) is 0 Å². The maximum atomic E-state index is 10.5. The van der Waals surface area contributed by atoms with Crippen LogP contribution in [0.25, 0.3) is 0 Å². The van der Waals surface area contributed by atoms with E-state index in [2.05, 4.69) is 0 Å². The summed E-state index contributed by atoms with van der Waals surface area (Å²) in [6.07, 6.45) is 0. The Morgan fingerprint density at radius 2 is 1.75 bits per heavy atom. The molecule has 0 aromatic heterocycles. The van der Waals surface area contributed by atoms with E-state index in [1.807, 2.05) is 19.1 Å². The van der Waals surface area contributed by atoms with E-state index in [0.29, 0.717) is 5.75 Å². The molecule has 0 N–H and O–H groups in total. The number of hydrogen-bond donors (Lipinski definition) is 0. The van der Waals surface area contributed by atoms with Crippen molar-refractivity contribution in [3.05, 3.63) is 29.8 Å². The molecule has 12 heavy (non-hydrogen) atoms. The molecule has 0 atom stereocenters. The Morgan fingerprint density at radius 1 is 1.25 bits per heavy atom. The van der Waals surface area contributed by atoms with Gasteiger partial charge in [0.15, 0.2) is 0 Å². The van der Waals surface area contributed by atoms with E-state index in [1.165, 1.54) is 6.92 Å². The van der Waals surface area contributed by atoms with E-state index in [4.69, 9.17) is 4.74 Å². The second-order valence-corrected chi connectivity index (χ2v) is 2.41. The molecule has 0 saturated carbocycles. The predicted octanol–water partition coefficient (Wildman–Crippen LogP) is 1.27. The zero-order chi connectivity index (χ0) is 8.27. The van der Waals surface area contributed by atoms with E-state index in [1.54, 1.807) is 12.1 Å². The van der Waals surface area contributed by atoms with Crippen molar-refractivity contribution in [1.29, 1.82) is 0 Å². The Morgan fingerprint density at radius 3 is 2.17 bits per heavy atom. The molecular formula is C9H11KO2. The van der Waals surface area contributed by atoms with Crippen LogP contribution in [0.3, 0.4) is 0 Å². The van der Waals surface area contributed by atoms with Crippen molar-refractivity contribution in [2.45, 2.75) is 13.8 Å². The third-order valence-corrected chi connectivity index (χ3v) is 1.28. The number of aryl methyl sites for hydroxylation is 1. The molecule has 3 heteroatoms. The van der Waals surface area contributed by atoms with Gasteiger partial charge in [0.2, 0.25) is 0 Å². The normalized spacial score (nSPS) is 8.50. The van der Waals surface area contributed by atoms with Crippen molar-refractivity contribution in [2.75, 3.05) is 0 Å². The Bertz CT molecular complexity index is 254. The first-order chi connectivity index (χ1) is 5.18. The first kappa shape index (κ1) is 12.3. The second kappa shape index (κ2) is 5.88. The van der Waals surface area contributed by atoms with Crippen LogP contribution in [-0.2, 0) is 4.79 Å². The molecule has 0 aliphatic carbocycles. The van der Waals surface area contributed by atoms with Gasteiger partial charge in [-0.05, 0) is 19.1 Å². The van der Waals surface area contributed by atoms with Crippen LogP contribution in [0.5, 0.6) is 5.75 Å². The standard InChI is InChI=1S/C9H10O2.K.H/c1-7-3-5-9(6-4-7)11-8(2)10;;/h3-6H,1-2H3;;. The molecule has 1 aromatic carbocycles. The fourth-order valence-electron chi connectivity index (χ4n) is 0.772. The van der Waals surface area contributed by atoms with Gasteiger partial charge in [-0.1, -0.05) is 17.7 Å². The van der Waals surface area contributed by atoms with Crippen LogP contribution < -0.4 is 4.74 Å². The Kier molecular flexibility index (Phi) is 6.04. The van der Waals surface area contributed by atoms with Crippen molar-refractivity contribution in [1.82, 2.24) is 0 Å². The van der Waals surface area contributed by atoms with Crippen molar-refractivity contribution in [3.8, 4) is 5.75 Å². The zero-order valence-corrected chi connectivity index (χ0v) is 6.63. The van der Waals surface area contributed by atoms with Crippen LogP contribution in [0.15, 0.2) is 24.3 Å². The van der Waals surface area contributed by atoms with Crippen molar-refractivity contribution in [2.24, 2.45) is 0 Å². The van der Waals surface area contributed by atoms with Gasteiger partial charge in [-0.3, -0.25) is 4.79 Å². The van der Waals surface area contributed by atoms with E-state index >= 15 is 0 Å². The molecule has 0 bridgehead atoms. The van der Waals surface area contributed by atoms with Gasteiger partial charge in [0.25, 0.3) is 0 Å². The van der Waals surface area contributed by atoms with Crippen LogP contribution in [-0.4, -0.2) is 57.4 Å². The molecule has 0 aliphatic rings. The Labute approximate surface area is 115 Å². The quantitative estimate of drug-likeness (QED) is 0.379. The Hall–Kier alpha value is 0.326. The molecule has 2 nitrogen and oxygen atoms in total. The van der Waals surface area contributed by atoms with Crippen LogP contribution in [0, 0.1) is 6.92 Å². The molecule has 0 saturated heterocycles.